The Hall–Kier alpha value is -2.58. The largest absolute Gasteiger partial charge is 0.484 e. The van der Waals surface area contributed by atoms with Gasteiger partial charge in [-0.25, -0.2) is 4.68 Å². The van der Waals surface area contributed by atoms with Gasteiger partial charge in [-0.05, 0) is 37.6 Å². The van der Waals surface area contributed by atoms with Crippen molar-refractivity contribution in [1.82, 2.24) is 20.4 Å². The Morgan fingerprint density at radius 2 is 2.15 bits per heavy atom. The highest BCUT2D eigenvalue weighted by Gasteiger charge is 2.28. The minimum absolute atomic E-state index is 0.0536. The van der Waals surface area contributed by atoms with Crippen molar-refractivity contribution in [1.29, 1.82) is 0 Å². The number of halogens is 1. The van der Waals surface area contributed by atoms with E-state index in [9.17, 15) is 9.59 Å². The van der Waals surface area contributed by atoms with Crippen molar-refractivity contribution in [3.8, 4) is 5.75 Å². The van der Waals surface area contributed by atoms with Crippen molar-refractivity contribution in [3.05, 3.63) is 41.0 Å². The summed E-state index contributed by atoms with van der Waals surface area (Å²) in [5, 5.41) is 13.9. The summed E-state index contributed by atoms with van der Waals surface area (Å²) < 4.78 is 7.02. The molecule has 2 atom stereocenters. The standard InChI is InChI=1S/C18H22ClN5O3/c1-3-13-9-16(25)22-18(20-13)24-15(8-11(2)23-24)21-17(26)10-27-14-6-4-12(19)5-7-14/h4-8,13,18,20H,3,9-10H2,1-2H3,(H,21,26)(H,22,25). The number of aryl methyl sites for hydroxylation is 1. The molecule has 1 aromatic carbocycles. The van der Waals surface area contributed by atoms with Crippen LogP contribution in [-0.2, 0) is 9.59 Å². The average molecular weight is 392 g/mol. The van der Waals surface area contributed by atoms with Crippen molar-refractivity contribution in [3.63, 3.8) is 0 Å². The Morgan fingerprint density at radius 1 is 1.41 bits per heavy atom. The Labute approximate surface area is 162 Å². The van der Waals surface area contributed by atoms with Crippen LogP contribution in [0.3, 0.4) is 0 Å². The van der Waals surface area contributed by atoms with Gasteiger partial charge in [0.15, 0.2) is 12.9 Å². The van der Waals surface area contributed by atoms with Crippen molar-refractivity contribution in [2.75, 3.05) is 11.9 Å². The molecular weight excluding hydrogens is 370 g/mol. The second-order valence-corrected chi connectivity index (χ2v) is 6.79. The summed E-state index contributed by atoms with van der Waals surface area (Å²) in [4.78, 5) is 24.2. The molecule has 3 rings (SSSR count). The Morgan fingerprint density at radius 3 is 2.85 bits per heavy atom. The number of benzene rings is 1. The van der Waals surface area contributed by atoms with Gasteiger partial charge < -0.3 is 15.4 Å². The molecule has 1 aliphatic rings. The first kappa shape index (κ1) is 19.2. The first-order chi connectivity index (χ1) is 12.9. The molecule has 2 heterocycles. The van der Waals surface area contributed by atoms with E-state index in [-0.39, 0.29) is 24.5 Å². The number of carbonyl (C=O) groups excluding carboxylic acids is 2. The summed E-state index contributed by atoms with van der Waals surface area (Å²) in [7, 11) is 0. The molecule has 0 spiro atoms. The highest BCUT2D eigenvalue weighted by molar-refractivity contribution is 6.30. The third-order valence-electron chi connectivity index (χ3n) is 4.17. The fourth-order valence-electron chi connectivity index (χ4n) is 2.82. The van der Waals surface area contributed by atoms with Crippen LogP contribution in [-0.4, -0.2) is 34.2 Å². The summed E-state index contributed by atoms with van der Waals surface area (Å²) in [5.74, 6) is 0.639. The van der Waals surface area contributed by atoms with Gasteiger partial charge in [-0.1, -0.05) is 18.5 Å². The Balaban J connectivity index is 1.65. The fourth-order valence-corrected chi connectivity index (χ4v) is 2.94. The van der Waals surface area contributed by atoms with Gasteiger partial charge in [0.1, 0.15) is 11.6 Å². The molecule has 2 amide bonds. The van der Waals surface area contributed by atoms with Crippen LogP contribution < -0.4 is 20.7 Å². The van der Waals surface area contributed by atoms with E-state index in [4.69, 9.17) is 16.3 Å². The highest BCUT2D eigenvalue weighted by Crippen LogP contribution is 2.19. The lowest BCUT2D eigenvalue weighted by molar-refractivity contribution is -0.125. The normalized spacial score (nSPS) is 19.4. The molecule has 144 valence electrons. The second-order valence-electron chi connectivity index (χ2n) is 6.35. The molecule has 27 heavy (non-hydrogen) atoms. The van der Waals surface area contributed by atoms with Gasteiger partial charge in [-0.2, -0.15) is 5.10 Å². The van der Waals surface area contributed by atoms with E-state index < -0.39 is 6.29 Å². The maximum absolute atomic E-state index is 12.3. The van der Waals surface area contributed by atoms with E-state index in [2.05, 4.69) is 21.0 Å². The van der Waals surface area contributed by atoms with Crippen molar-refractivity contribution >= 4 is 29.2 Å². The summed E-state index contributed by atoms with van der Waals surface area (Å²) >= 11 is 5.83. The van der Waals surface area contributed by atoms with Crippen LogP contribution in [0.15, 0.2) is 30.3 Å². The zero-order chi connectivity index (χ0) is 19.4. The molecule has 2 unspecified atom stereocenters. The maximum atomic E-state index is 12.3. The van der Waals surface area contributed by atoms with Crippen LogP contribution in [0.4, 0.5) is 5.82 Å². The van der Waals surface area contributed by atoms with E-state index >= 15 is 0 Å². The zero-order valence-electron chi connectivity index (χ0n) is 15.2. The molecule has 8 nitrogen and oxygen atoms in total. The zero-order valence-corrected chi connectivity index (χ0v) is 15.9. The minimum Gasteiger partial charge on any atom is -0.484 e. The number of ether oxygens (including phenoxy) is 1. The number of carbonyl (C=O) groups is 2. The van der Waals surface area contributed by atoms with E-state index in [0.717, 1.165) is 12.1 Å². The van der Waals surface area contributed by atoms with Gasteiger partial charge >= 0.3 is 0 Å². The lowest BCUT2D eigenvalue weighted by Gasteiger charge is -2.31. The predicted molar refractivity (Wildman–Crippen MR) is 102 cm³/mol. The number of amides is 2. The number of rotatable bonds is 6. The van der Waals surface area contributed by atoms with E-state index in [0.29, 0.717) is 23.0 Å². The Kier molecular flexibility index (Phi) is 5.98. The van der Waals surface area contributed by atoms with Crippen LogP contribution >= 0.6 is 11.6 Å². The summed E-state index contributed by atoms with van der Waals surface area (Å²) in [5.41, 5.74) is 0.721. The number of nitrogens with one attached hydrogen (secondary N) is 3. The monoisotopic (exact) mass is 391 g/mol. The lowest BCUT2D eigenvalue weighted by atomic mass is 10.1. The molecule has 1 aromatic heterocycles. The van der Waals surface area contributed by atoms with Gasteiger partial charge in [-0.15, -0.1) is 0 Å². The quantitative estimate of drug-likeness (QED) is 0.701. The molecule has 0 saturated carbocycles. The number of hydrogen-bond donors (Lipinski definition) is 3. The average Bonchev–Trinajstić information content (AvgIpc) is 3.01. The topological polar surface area (TPSA) is 97.3 Å². The third-order valence-corrected chi connectivity index (χ3v) is 4.42. The van der Waals surface area contributed by atoms with Gasteiger partial charge in [0.25, 0.3) is 5.91 Å². The van der Waals surface area contributed by atoms with Gasteiger partial charge in [0.05, 0.1) is 5.69 Å². The molecule has 2 aromatic rings. The first-order valence-corrected chi connectivity index (χ1v) is 9.12. The molecule has 1 saturated heterocycles. The van der Waals surface area contributed by atoms with Crippen molar-refractivity contribution < 1.29 is 14.3 Å². The predicted octanol–water partition coefficient (Wildman–Crippen LogP) is 2.21. The number of anilines is 1. The molecule has 0 aliphatic carbocycles. The maximum Gasteiger partial charge on any atom is 0.263 e. The third kappa shape index (κ3) is 4.99. The molecule has 3 N–H and O–H groups in total. The molecule has 9 heteroatoms. The van der Waals surface area contributed by atoms with Gasteiger partial charge in [0.2, 0.25) is 5.91 Å². The molecule has 1 fully saturated rings. The SMILES string of the molecule is CCC1CC(=O)NC(n2nc(C)cc2NC(=O)COc2ccc(Cl)cc2)N1. The molecular formula is C18H22ClN5O3. The highest BCUT2D eigenvalue weighted by atomic mass is 35.5. The van der Waals surface area contributed by atoms with E-state index in [1.165, 1.54) is 0 Å². The number of hydrogen-bond acceptors (Lipinski definition) is 5. The van der Waals surface area contributed by atoms with Crippen LogP contribution in [0.25, 0.3) is 0 Å². The molecule has 0 radical (unpaired) electrons. The minimum atomic E-state index is -0.516. The van der Waals surface area contributed by atoms with Crippen molar-refractivity contribution in [2.45, 2.75) is 39.0 Å². The van der Waals surface area contributed by atoms with Crippen LogP contribution in [0.1, 0.15) is 31.7 Å². The van der Waals surface area contributed by atoms with Crippen LogP contribution in [0.2, 0.25) is 5.02 Å². The van der Waals surface area contributed by atoms with E-state index in [1.807, 2.05) is 13.8 Å². The van der Waals surface area contributed by atoms with Crippen LogP contribution in [0.5, 0.6) is 5.75 Å². The molecule has 0 bridgehead atoms. The van der Waals surface area contributed by atoms with Gasteiger partial charge in [0, 0.05) is 23.6 Å². The molecule has 1 aliphatic heterocycles. The second kappa shape index (κ2) is 8.41. The summed E-state index contributed by atoms with van der Waals surface area (Å²) in [6.45, 7) is 3.67. The van der Waals surface area contributed by atoms with Crippen LogP contribution in [0, 0.1) is 6.92 Å². The van der Waals surface area contributed by atoms with Gasteiger partial charge in [-0.3, -0.25) is 14.9 Å². The smallest absolute Gasteiger partial charge is 0.263 e. The number of aromatic nitrogens is 2. The Bertz CT molecular complexity index is 821. The number of nitrogens with zero attached hydrogens (tertiary/aromatic N) is 2. The van der Waals surface area contributed by atoms with E-state index in [1.54, 1.807) is 35.0 Å². The lowest BCUT2D eigenvalue weighted by Crippen LogP contribution is -2.53. The summed E-state index contributed by atoms with van der Waals surface area (Å²) in [6.07, 6.45) is 0.724. The van der Waals surface area contributed by atoms with Crippen molar-refractivity contribution in [2.24, 2.45) is 0 Å². The summed E-state index contributed by atoms with van der Waals surface area (Å²) in [6, 6.07) is 8.56. The fraction of sp³-hybridized carbons (Fsp3) is 0.389. The first-order valence-electron chi connectivity index (χ1n) is 8.74.